The van der Waals surface area contributed by atoms with Gasteiger partial charge in [0.25, 0.3) is 0 Å². The van der Waals surface area contributed by atoms with Crippen molar-refractivity contribution in [2.45, 2.75) is 38.0 Å². The van der Waals surface area contributed by atoms with Gasteiger partial charge < -0.3 is 14.7 Å². The highest BCUT2D eigenvalue weighted by Crippen LogP contribution is 2.29. The summed E-state index contributed by atoms with van der Waals surface area (Å²) in [5, 5.41) is 9.58. The highest BCUT2D eigenvalue weighted by molar-refractivity contribution is 5.79. The molecule has 3 rings (SSSR count). The molecule has 0 radical (unpaired) electrons. The van der Waals surface area contributed by atoms with Crippen LogP contribution in [0.2, 0.25) is 0 Å². The van der Waals surface area contributed by atoms with Crippen molar-refractivity contribution in [2.75, 3.05) is 26.7 Å². The van der Waals surface area contributed by atoms with Gasteiger partial charge in [-0.2, -0.15) is 0 Å². The molecule has 2 aliphatic rings. The van der Waals surface area contributed by atoms with Crippen LogP contribution in [-0.4, -0.2) is 59.7 Å². The average molecular weight is 304 g/mol. The number of nitrogens with zero attached hydrogens (tertiary/aromatic N) is 2. The number of benzene rings is 1. The lowest BCUT2D eigenvalue weighted by Gasteiger charge is -2.25. The molecular formula is C17H24N2O3. The monoisotopic (exact) mass is 304 g/mol. The first-order chi connectivity index (χ1) is 10.7. The van der Waals surface area contributed by atoms with Crippen molar-refractivity contribution in [1.82, 2.24) is 9.80 Å². The van der Waals surface area contributed by atoms with E-state index in [0.29, 0.717) is 25.7 Å². The summed E-state index contributed by atoms with van der Waals surface area (Å²) >= 11 is 0. The van der Waals surface area contributed by atoms with Crippen molar-refractivity contribution in [3.63, 3.8) is 0 Å². The number of methoxy groups -OCH3 is 1. The van der Waals surface area contributed by atoms with Crippen LogP contribution in [0, 0.1) is 0 Å². The highest BCUT2D eigenvalue weighted by atomic mass is 16.5. The van der Waals surface area contributed by atoms with E-state index in [4.69, 9.17) is 4.74 Å². The molecule has 120 valence electrons. The van der Waals surface area contributed by atoms with Gasteiger partial charge in [0, 0.05) is 25.7 Å². The Balaban J connectivity index is 1.60. The van der Waals surface area contributed by atoms with Gasteiger partial charge in [-0.1, -0.05) is 12.1 Å². The molecule has 0 bridgehead atoms. The van der Waals surface area contributed by atoms with Crippen molar-refractivity contribution in [3.05, 3.63) is 29.8 Å². The molecule has 5 nitrogen and oxygen atoms in total. The third-order valence-corrected chi connectivity index (χ3v) is 4.43. The van der Waals surface area contributed by atoms with Crippen LogP contribution in [0.15, 0.2) is 24.3 Å². The topological polar surface area (TPSA) is 53.0 Å². The Morgan fingerprint density at radius 1 is 1.32 bits per heavy atom. The van der Waals surface area contributed by atoms with Gasteiger partial charge in [0.2, 0.25) is 5.91 Å². The summed E-state index contributed by atoms with van der Waals surface area (Å²) in [7, 11) is 1.65. The van der Waals surface area contributed by atoms with E-state index in [1.807, 2.05) is 29.2 Å². The Bertz CT molecular complexity index is 513. The van der Waals surface area contributed by atoms with Gasteiger partial charge in [0.15, 0.2) is 0 Å². The molecule has 1 atom stereocenters. The van der Waals surface area contributed by atoms with Gasteiger partial charge in [-0.15, -0.1) is 0 Å². The molecular weight excluding hydrogens is 280 g/mol. The normalized spacial score (nSPS) is 21.8. The Labute approximate surface area is 131 Å². The minimum absolute atomic E-state index is 0.174. The number of carbonyl (C=O) groups excluding carboxylic acids is 1. The average Bonchev–Trinajstić information content (AvgIpc) is 3.28. The largest absolute Gasteiger partial charge is 0.497 e. The zero-order valence-electron chi connectivity index (χ0n) is 13.1. The number of hydrogen-bond acceptors (Lipinski definition) is 4. The molecule has 1 aromatic carbocycles. The van der Waals surface area contributed by atoms with Crippen LogP contribution in [0.3, 0.4) is 0 Å². The molecule has 22 heavy (non-hydrogen) atoms. The van der Waals surface area contributed by atoms with E-state index < -0.39 is 0 Å². The molecule has 1 aromatic rings. The van der Waals surface area contributed by atoms with Crippen molar-refractivity contribution in [3.8, 4) is 5.75 Å². The zero-order valence-corrected chi connectivity index (χ0v) is 13.1. The summed E-state index contributed by atoms with van der Waals surface area (Å²) in [6.45, 7) is 2.51. The fourth-order valence-electron chi connectivity index (χ4n) is 2.97. The van der Waals surface area contributed by atoms with Gasteiger partial charge in [-0.05, 0) is 37.0 Å². The van der Waals surface area contributed by atoms with Crippen molar-refractivity contribution in [2.24, 2.45) is 0 Å². The first kappa shape index (κ1) is 15.3. The predicted octanol–water partition coefficient (Wildman–Crippen LogP) is 1.25. The van der Waals surface area contributed by atoms with Crippen LogP contribution in [0.25, 0.3) is 0 Å². The van der Waals surface area contributed by atoms with E-state index >= 15 is 0 Å². The molecule has 0 aromatic heterocycles. The molecule has 1 aliphatic heterocycles. The first-order valence-corrected chi connectivity index (χ1v) is 7.98. The number of aliphatic hydroxyl groups excluding tert-OH is 1. The number of aliphatic hydroxyl groups is 1. The molecule has 0 spiro atoms. The van der Waals surface area contributed by atoms with Gasteiger partial charge in [0.05, 0.1) is 19.8 Å². The molecule has 2 fully saturated rings. The second-order valence-corrected chi connectivity index (χ2v) is 6.28. The van der Waals surface area contributed by atoms with E-state index in [-0.39, 0.29) is 12.0 Å². The molecule has 1 saturated heterocycles. The molecule has 1 amide bonds. The number of ether oxygens (including phenoxy) is 1. The number of amides is 1. The number of β-amino-alcohol motifs (C(OH)–C–C–N with tert-alkyl or cyclic N) is 1. The second kappa shape index (κ2) is 6.67. The lowest BCUT2D eigenvalue weighted by Crippen LogP contribution is -2.40. The summed E-state index contributed by atoms with van der Waals surface area (Å²) in [5.74, 6) is 1.01. The SMILES string of the molecule is COc1ccc(CN(C(=O)CN2CC[C@H](O)C2)C2CC2)cc1. The molecule has 1 heterocycles. The number of rotatable bonds is 6. The minimum Gasteiger partial charge on any atom is -0.497 e. The van der Waals surface area contributed by atoms with E-state index in [1.165, 1.54) is 0 Å². The van der Waals surface area contributed by atoms with Crippen LogP contribution in [-0.2, 0) is 11.3 Å². The summed E-state index contributed by atoms with van der Waals surface area (Å²) in [6, 6.07) is 8.29. The third-order valence-electron chi connectivity index (χ3n) is 4.43. The second-order valence-electron chi connectivity index (χ2n) is 6.28. The standard InChI is InChI=1S/C17H24N2O3/c1-22-16-6-2-13(3-7-16)10-19(14-4-5-14)17(21)12-18-9-8-15(20)11-18/h2-3,6-7,14-15,20H,4-5,8-12H2,1H3/t15-/m0/s1. The molecule has 5 heteroatoms. The molecule has 1 saturated carbocycles. The Hall–Kier alpha value is -1.59. The number of carbonyl (C=O) groups is 1. The fraction of sp³-hybridized carbons (Fsp3) is 0.588. The first-order valence-electron chi connectivity index (χ1n) is 7.98. The van der Waals surface area contributed by atoms with Crippen LogP contribution >= 0.6 is 0 Å². The van der Waals surface area contributed by atoms with Crippen molar-refractivity contribution in [1.29, 1.82) is 0 Å². The van der Waals surface area contributed by atoms with E-state index in [0.717, 1.165) is 37.1 Å². The summed E-state index contributed by atoms with van der Waals surface area (Å²) < 4.78 is 5.17. The van der Waals surface area contributed by atoms with Crippen LogP contribution < -0.4 is 4.74 Å². The maximum absolute atomic E-state index is 12.6. The summed E-state index contributed by atoms with van der Waals surface area (Å²) in [5.41, 5.74) is 1.13. The lowest BCUT2D eigenvalue weighted by molar-refractivity contribution is -0.133. The van der Waals surface area contributed by atoms with E-state index in [1.54, 1.807) is 7.11 Å². The summed E-state index contributed by atoms with van der Waals surface area (Å²) in [6.07, 6.45) is 2.70. The fourth-order valence-corrected chi connectivity index (χ4v) is 2.97. The van der Waals surface area contributed by atoms with Crippen molar-refractivity contribution < 1.29 is 14.6 Å². The van der Waals surface area contributed by atoms with Gasteiger partial charge in [-0.25, -0.2) is 0 Å². The van der Waals surface area contributed by atoms with E-state index in [2.05, 4.69) is 4.90 Å². The van der Waals surface area contributed by atoms with Crippen LogP contribution in [0.1, 0.15) is 24.8 Å². The maximum Gasteiger partial charge on any atom is 0.237 e. The van der Waals surface area contributed by atoms with Gasteiger partial charge in [0.1, 0.15) is 5.75 Å². The molecule has 0 unspecified atom stereocenters. The Morgan fingerprint density at radius 2 is 2.05 bits per heavy atom. The maximum atomic E-state index is 12.6. The molecule has 1 aliphatic carbocycles. The molecule has 1 N–H and O–H groups in total. The highest BCUT2D eigenvalue weighted by Gasteiger charge is 2.34. The quantitative estimate of drug-likeness (QED) is 0.859. The van der Waals surface area contributed by atoms with Crippen LogP contribution in [0.4, 0.5) is 0 Å². The minimum atomic E-state index is -0.274. The van der Waals surface area contributed by atoms with E-state index in [9.17, 15) is 9.90 Å². The van der Waals surface area contributed by atoms with Gasteiger partial charge in [-0.3, -0.25) is 9.69 Å². The van der Waals surface area contributed by atoms with Gasteiger partial charge >= 0.3 is 0 Å². The number of hydrogen-bond donors (Lipinski definition) is 1. The third kappa shape index (κ3) is 3.78. The van der Waals surface area contributed by atoms with Crippen LogP contribution in [0.5, 0.6) is 5.75 Å². The summed E-state index contributed by atoms with van der Waals surface area (Å²) in [4.78, 5) is 16.6. The number of likely N-dealkylation sites (tertiary alicyclic amines) is 1. The van der Waals surface area contributed by atoms with Crippen molar-refractivity contribution >= 4 is 5.91 Å². The smallest absolute Gasteiger partial charge is 0.237 e. The Morgan fingerprint density at radius 3 is 2.59 bits per heavy atom. The zero-order chi connectivity index (χ0) is 15.5. The Kier molecular flexibility index (Phi) is 4.64. The lowest BCUT2D eigenvalue weighted by atomic mass is 10.2. The predicted molar refractivity (Wildman–Crippen MR) is 83.6 cm³/mol.